The lowest BCUT2D eigenvalue weighted by molar-refractivity contribution is -0.133. The quantitative estimate of drug-likeness (QED) is 0.800. The van der Waals surface area contributed by atoms with Gasteiger partial charge in [0.25, 0.3) is 0 Å². The van der Waals surface area contributed by atoms with Crippen molar-refractivity contribution < 1.29 is 4.79 Å². The van der Waals surface area contributed by atoms with Crippen LogP contribution in [-0.2, 0) is 4.79 Å². The smallest absolute Gasteiger partial charge is 0.226 e. The Morgan fingerprint density at radius 2 is 1.92 bits per heavy atom. The molecule has 136 valence electrons. The largest absolute Gasteiger partial charge is 0.341 e. The van der Waals surface area contributed by atoms with E-state index in [1.165, 1.54) is 16.7 Å². The minimum Gasteiger partial charge on any atom is -0.341 e. The molecule has 1 aliphatic heterocycles. The lowest BCUT2D eigenvalue weighted by Crippen LogP contribution is -2.46. The summed E-state index contributed by atoms with van der Waals surface area (Å²) in [5.41, 5.74) is 3.78. The van der Waals surface area contributed by atoms with Crippen LogP contribution < -0.4 is 4.72 Å². The molecule has 4 heteroatoms. The standard InChI is InChI=1S/C22H26N2OS/c1-26-23-19-11-6-12-24(15-19)22(25)21-14-20(21)18-10-5-9-17(13-18)16-7-3-2-4-8-16/h2-5,7-10,13,19-21,23H,6,11-12,14-15H2,1H3. The van der Waals surface area contributed by atoms with Gasteiger partial charge in [0, 0.05) is 25.0 Å². The van der Waals surface area contributed by atoms with Gasteiger partial charge in [0.2, 0.25) is 5.91 Å². The van der Waals surface area contributed by atoms with E-state index >= 15 is 0 Å². The predicted molar refractivity (Wildman–Crippen MR) is 109 cm³/mol. The number of nitrogens with zero attached hydrogens (tertiary/aromatic N) is 1. The highest BCUT2D eigenvalue weighted by atomic mass is 32.2. The van der Waals surface area contributed by atoms with Crippen molar-refractivity contribution in [3.05, 3.63) is 60.2 Å². The molecule has 1 saturated carbocycles. The molecule has 0 bridgehead atoms. The summed E-state index contributed by atoms with van der Waals surface area (Å²) >= 11 is 1.65. The molecular formula is C22H26N2OS. The zero-order valence-electron chi connectivity index (χ0n) is 15.2. The fourth-order valence-corrected chi connectivity index (χ4v) is 4.62. The summed E-state index contributed by atoms with van der Waals surface area (Å²) in [6.45, 7) is 1.77. The maximum Gasteiger partial charge on any atom is 0.226 e. The summed E-state index contributed by atoms with van der Waals surface area (Å²) < 4.78 is 3.42. The van der Waals surface area contributed by atoms with E-state index in [-0.39, 0.29) is 5.92 Å². The third-order valence-corrected chi connectivity index (χ3v) is 6.12. The first-order valence-corrected chi connectivity index (χ1v) is 10.7. The van der Waals surface area contributed by atoms with E-state index < -0.39 is 0 Å². The van der Waals surface area contributed by atoms with E-state index in [4.69, 9.17) is 0 Å². The van der Waals surface area contributed by atoms with Gasteiger partial charge in [-0.1, -0.05) is 66.5 Å². The summed E-state index contributed by atoms with van der Waals surface area (Å²) in [6.07, 6.45) is 5.31. The molecule has 4 rings (SSSR count). The van der Waals surface area contributed by atoms with Gasteiger partial charge < -0.3 is 4.90 Å². The first-order valence-electron chi connectivity index (χ1n) is 9.49. The van der Waals surface area contributed by atoms with Crippen molar-refractivity contribution in [3.8, 4) is 11.1 Å². The molecular weight excluding hydrogens is 340 g/mol. The molecule has 26 heavy (non-hydrogen) atoms. The van der Waals surface area contributed by atoms with Gasteiger partial charge in [-0.05, 0) is 48.1 Å². The Bertz CT molecular complexity index is 762. The second kappa shape index (κ2) is 7.85. The molecule has 1 N–H and O–H groups in total. The van der Waals surface area contributed by atoms with Gasteiger partial charge >= 0.3 is 0 Å². The Kier molecular flexibility index (Phi) is 5.32. The van der Waals surface area contributed by atoms with Crippen LogP contribution in [-0.4, -0.2) is 36.2 Å². The number of carbonyl (C=O) groups is 1. The Labute approximate surface area is 160 Å². The number of hydrogen-bond acceptors (Lipinski definition) is 3. The molecule has 2 fully saturated rings. The molecule has 2 aromatic carbocycles. The number of piperidine rings is 1. The minimum absolute atomic E-state index is 0.175. The molecule has 0 radical (unpaired) electrons. The van der Waals surface area contributed by atoms with Gasteiger partial charge in [0.1, 0.15) is 0 Å². The normalized spacial score (nSPS) is 25.1. The van der Waals surface area contributed by atoms with Gasteiger partial charge in [-0.25, -0.2) is 0 Å². The molecule has 2 aliphatic rings. The zero-order valence-corrected chi connectivity index (χ0v) is 16.0. The Morgan fingerprint density at radius 1 is 1.12 bits per heavy atom. The van der Waals surface area contributed by atoms with E-state index in [1.807, 2.05) is 6.07 Å². The summed E-state index contributed by atoms with van der Waals surface area (Å²) in [7, 11) is 0. The van der Waals surface area contributed by atoms with Crippen LogP contribution in [0.4, 0.5) is 0 Å². The van der Waals surface area contributed by atoms with Gasteiger partial charge in [0.15, 0.2) is 0 Å². The van der Waals surface area contributed by atoms with Crippen LogP contribution in [0.25, 0.3) is 11.1 Å². The van der Waals surface area contributed by atoms with Crippen LogP contribution in [0.5, 0.6) is 0 Å². The highest BCUT2D eigenvalue weighted by Crippen LogP contribution is 2.49. The van der Waals surface area contributed by atoms with Crippen molar-refractivity contribution in [1.82, 2.24) is 9.62 Å². The van der Waals surface area contributed by atoms with Crippen molar-refractivity contribution in [2.75, 3.05) is 19.3 Å². The topological polar surface area (TPSA) is 32.3 Å². The number of likely N-dealkylation sites (tertiary alicyclic amines) is 1. The van der Waals surface area contributed by atoms with Crippen molar-refractivity contribution in [2.24, 2.45) is 5.92 Å². The Balaban J connectivity index is 1.43. The zero-order chi connectivity index (χ0) is 17.9. The molecule has 3 atom stereocenters. The first-order chi connectivity index (χ1) is 12.8. The number of rotatable bonds is 5. The molecule has 1 saturated heterocycles. The molecule has 1 aliphatic carbocycles. The predicted octanol–water partition coefficient (Wildman–Crippen LogP) is 4.32. The fraction of sp³-hybridized carbons (Fsp3) is 0.409. The Hall–Kier alpha value is -1.78. The summed E-state index contributed by atoms with van der Waals surface area (Å²) in [6, 6.07) is 19.6. The molecule has 3 nitrogen and oxygen atoms in total. The number of nitrogens with one attached hydrogen (secondary N) is 1. The lowest BCUT2D eigenvalue weighted by atomic mass is 10.00. The van der Waals surface area contributed by atoms with Gasteiger partial charge in [-0.2, -0.15) is 0 Å². The summed E-state index contributed by atoms with van der Waals surface area (Å²) in [5, 5.41) is 0. The third kappa shape index (κ3) is 3.81. The van der Waals surface area contributed by atoms with Gasteiger partial charge in [-0.3, -0.25) is 9.52 Å². The number of carbonyl (C=O) groups excluding carboxylic acids is 1. The molecule has 2 aromatic rings. The van der Waals surface area contributed by atoms with Crippen molar-refractivity contribution >= 4 is 17.9 Å². The molecule has 1 heterocycles. The highest BCUT2D eigenvalue weighted by molar-refractivity contribution is 7.96. The van der Waals surface area contributed by atoms with Crippen LogP contribution in [0.3, 0.4) is 0 Å². The van der Waals surface area contributed by atoms with E-state index in [0.717, 1.165) is 32.4 Å². The lowest BCUT2D eigenvalue weighted by Gasteiger charge is -2.33. The second-order valence-corrected chi connectivity index (χ2v) is 8.03. The van der Waals surface area contributed by atoms with Crippen molar-refractivity contribution in [2.45, 2.75) is 31.2 Å². The van der Waals surface area contributed by atoms with E-state index in [9.17, 15) is 4.79 Å². The number of hydrogen-bond donors (Lipinski definition) is 1. The highest BCUT2D eigenvalue weighted by Gasteiger charge is 2.46. The second-order valence-electron chi connectivity index (χ2n) is 7.39. The molecule has 0 spiro atoms. The number of amides is 1. The van der Waals surface area contributed by atoms with Gasteiger partial charge in [-0.15, -0.1) is 0 Å². The van der Waals surface area contributed by atoms with E-state index in [1.54, 1.807) is 11.9 Å². The molecule has 3 unspecified atom stereocenters. The Morgan fingerprint density at radius 3 is 2.73 bits per heavy atom. The van der Waals surface area contributed by atoms with Crippen molar-refractivity contribution in [3.63, 3.8) is 0 Å². The van der Waals surface area contributed by atoms with Crippen LogP contribution in [0.2, 0.25) is 0 Å². The van der Waals surface area contributed by atoms with Crippen LogP contribution in [0.1, 0.15) is 30.7 Å². The van der Waals surface area contributed by atoms with E-state index in [0.29, 0.717) is 17.9 Å². The number of benzene rings is 2. The monoisotopic (exact) mass is 366 g/mol. The average Bonchev–Trinajstić information content (AvgIpc) is 3.50. The summed E-state index contributed by atoms with van der Waals surface area (Å²) in [4.78, 5) is 15.0. The van der Waals surface area contributed by atoms with Gasteiger partial charge in [0.05, 0.1) is 0 Å². The first kappa shape index (κ1) is 17.6. The SMILES string of the molecule is CSNC1CCCN(C(=O)C2CC2c2cccc(-c3ccccc3)c2)C1. The molecule has 0 aromatic heterocycles. The maximum atomic E-state index is 12.9. The average molecular weight is 367 g/mol. The van der Waals surface area contributed by atoms with Crippen LogP contribution in [0, 0.1) is 5.92 Å². The summed E-state index contributed by atoms with van der Waals surface area (Å²) in [5.74, 6) is 0.918. The minimum atomic E-state index is 0.175. The van der Waals surface area contributed by atoms with Crippen LogP contribution >= 0.6 is 11.9 Å². The molecule has 1 amide bonds. The third-order valence-electron chi connectivity index (χ3n) is 5.55. The van der Waals surface area contributed by atoms with E-state index in [2.05, 4.69) is 64.4 Å². The maximum absolute atomic E-state index is 12.9. The van der Waals surface area contributed by atoms with Crippen molar-refractivity contribution in [1.29, 1.82) is 0 Å². The van der Waals surface area contributed by atoms with Crippen LogP contribution in [0.15, 0.2) is 54.6 Å². The fourth-order valence-electron chi connectivity index (χ4n) is 4.09.